The summed E-state index contributed by atoms with van der Waals surface area (Å²) in [5, 5.41) is 0. The van der Waals surface area contributed by atoms with Crippen LogP contribution in [0.1, 0.15) is 44.5 Å². The Bertz CT molecular complexity index is 787. The van der Waals surface area contributed by atoms with Gasteiger partial charge in [-0.3, -0.25) is 4.79 Å². The van der Waals surface area contributed by atoms with Crippen LogP contribution in [0.25, 0.3) is 0 Å². The molecule has 0 N–H and O–H groups in total. The molecule has 0 aromatic heterocycles. The Hall–Kier alpha value is -2.09. The standard InChI is InChI=1S/C20H29NO6S/c1-5-21(17-10-11-28(24,25)13-17)19(22)15(4)27-20(23)16-6-8-18(9-7-16)26-12-14(2)3/h6-9,14-15,17H,5,10-13H2,1-4H3/t15-,17+/m0/s1. The summed E-state index contributed by atoms with van der Waals surface area (Å²) < 4.78 is 34.3. The second kappa shape index (κ2) is 9.41. The highest BCUT2D eigenvalue weighted by atomic mass is 32.2. The van der Waals surface area contributed by atoms with Gasteiger partial charge in [-0.15, -0.1) is 0 Å². The van der Waals surface area contributed by atoms with Gasteiger partial charge in [-0.25, -0.2) is 13.2 Å². The predicted molar refractivity (Wildman–Crippen MR) is 106 cm³/mol. The molecule has 1 fully saturated rings. The summed E-state index contributed by atoms with van der Waals surface area (Å²) in [6.07, 6.45) is -0.576. The number of ether oxygens (including phenoxy) is 2. The first kappa shape index (κ1) is 22.2. The van der Waals surface area contributed by atoms with Crippen LogP contribution < -0.4 is 4.74 Å². The second-order valence-corrected chi connectivity index (χ2v) is 9.69. The van der Waals surface area contributed by atoms with E-state index in [0.29, 0.717) is 36.8 Å². The zero-order chi connectivity index (χ0) is 20.9. The van der Waals surface area contributed by atoms with Crippen molar-refractivity contribution in [3.05, 3.63) is 29.8 Å². The van der Waals surface area contributed by atoms with Gasteiger partial charge < -0.3 is 14.4 Å². The Balaban J connectivity index is 1.96. The normalized spacial score (nSPS) is 19.2. The molecular weight excluding hydrogens is 382 g/mol. The smallest absolute Gasteiger partial charge is 0.338 e. The van der Waals surface area contributed by atoms with Gasteiger partial charge in [0.05, 0.1) is 23.7 Å². The van der Waals surface area contributed by atoms with Crippen LogP contribution in [0.15, 0.2) is 24.3 Å². The highest BCUT2D eigenvalue weighted by Gasteiger charge is 2.36. The van der Waals surface area contributed by atoms with Crippen molar-refractivity contribution in [2.75, 3.05) is 24.7 Å². The molecule has 1 saturated heterocycles. The first-order valence-electron chi connectivity index (χ1n) is 9.57. The third-order valence-electron chi connectivity index (χ3n) is 4.58. The number of nitrogens with zero attached hydrogens (tertiary/aromatic N) is 1. The summed E-state index contributed by atoms with van der Waals surface area (Å²) in [5.74, 6) is 0.120. The van der Waals surface area contributed by atoms with Crippen LogP contribution in [0.5, 0.6) is 5.75 Å². The lowest BCUT2D eigenvalue weighted by atomic mass is 10.2. The molecule has 1 aromatic rings. The Labute approximate surface area is 166 Å². The zero-order valence-corrected chi connectivity index (χ0v) is 17.7. The fourth-order valence-electron chi connectivity index (χ4n) is 3.08. The SMILES string of the molecule is CCN(C(=O)[C@H](C)OC(=O)c1ccc(OCC(C)C)cc1)[C@@H]1CCS(=O)(=O)C1. The average molecular weight is 412 g/mol. The van der Waals surface area contributed by atoms with Crippen molar-refractivity contribution in [3.63, 3.8) is 0 Å². The summed E-state index contributed by atoms with van der Waals surface area (Å²) >= 11 is 0. The Morgan fingerprint density at radius 3 is 2.32 bits per heavy atom. The molecule has 0 radical (unpaired) electrons. The molecule has 0 bridgehead atoms. The Morgan fingerprint density at radius 2 is 1.82 bits per heavy atom. The minimum Gasteiger partial charge on any atom is -0.493 e. The molecule has 1 aliphatic rings. The van der Waals surface area contributed by atoms with E-state index in [-0.39, 0.29) is 23.5 Å². The number of rotatable bonds is 8. The molecule has 28 heavy (non-hydrogen) atoms. The van der Waals surface area contributed by atoms with E-state index in [1.165, 1.54) is 11.8 Å². The molecule has 8 heteroatoms. The maximum absolute atomic E-state index is 12.7. The predicted octanol–water partition coefficient (Wildman–Crippen LogP) is 2.30. The highest BCUT2D eigenvalue weighted by Crippen LogP contribution is 2.20. The van der Waals surface area contributed by atoms with Crippen molar-refractivity contribution in [2.24, 2.45) is 5.92 Å². The van der Waals surface area contributed by atoms with Crippen LogP contribution in [0.3, 0.4) is 0 Å². The van der Waals surface area contributed by atoms with Gasteiger partial charge in [-0.2, -0.15) is 0 Å². The molecule has 1 aliphatic heterocycles. The fraction of sp³-hybridized carbons (Fsp3) is 0.600. The largest absolute Gasteiger partial charge is 0.493 e. The second-order valence-electron chi connectivity index (χ2n) is 7.46. The molecule has 0 aliphatic carbocycles. The first-order valence-corrected chi connectivity index (χ1v) is 11.4. The fourth-order valence-corrected chi connectivity index (χ4v) is 4.81. The van der Waals surface area contributed by atoms with Crippen molar-refractivity contribution in [1.29, 1.82) is 0 Å². The van der Waals surface area contributed by atoms with Gasteiger partial charge in [0.1, 0.15) is 5.75 Å². The lowest BCUT2D eigenvalue weighted by Gasteiger charge is -2.29. The molecule has 1 amide bonds. The van der Waals surface area contributed by atoms with E-state index in [0.717, 1.165) is 0 Å². The topological polar surface area (TPSA) is 90.0 Å². The number of carbonyl (C=O) groups is 2. The van der Waals surface area contributed by atoms with Crippen molar-refractivity contribution in [3.8, 4) is 5.75 Å². The van der Waals surface area contributed by atoms with E-state index in [1.54, 1.807) is 31.2 Å². The number of likely N-dealkylation sites (N-methyl/N-ethyl adjacent to an activating group) is 1. The van der Waals surface area contributed by atoms with Crippen LogP contribution in [-0.4, -0.2) is 62.0 Å². The van der Waals surface area contributed by atoms with Gasteiger partial charge in [0.15, 0.2) is 15.9 Å². The maximum Gasteiger partial charge on any atom is 0.338 e. The summed E-state index contributed by atoms with van der Waals surface area (Å²) in [7, 11) is -3.10. The van der Waals surface area contributed by atoms with Gasteiger partial charge in [-0.1, -0.05) is 13.8 Å². The maximum atomic E-state index is 12.7. The van der Waals surface area contributed by atoms with E-state index in [9.17, 15) is 18.0 Å². The van der Waals surface area contributed by atoms with Gasteiger partial charge in [0.2, 0.25) is 0 Å². The van der Waals surface area contributed by atoms with Gasteiger partial charge in [-0.05, 0) is 50.5 Å². The van der Waals surface area contributed by atoms with Crippen molar-refractivity contribution >= 4 is 21.7 Å². The molecule has 0 saturated carbocycles. The molecule has 7 nitrogen and oxygen atoms in total. The van der Waals surface area contributed by atoms with E-state index >= 15 is 0 Å². The third-order valence-corrected chi connectivity index (χ3v) is 6.33. The van der Waals surface area contributed by atoms with Crippen LogP contribution in [0.2, 0.25) is 0 Å². The molecule has 1 aromatic carbocycles. The van der Waals surface area contributed by atoms with Crippen molar-refractivity contribution in [2.45, 2.75) is 46.3 Å². The average Bonchev–Trinajstić information content (AvgIpc) is 3.00. The molecular formula is C20H29NO6S. The number of carbonyl (C=O) groups excluding carboxylic acids is 2. The quantitative estimate of drug-likeness (QED) is 0.610. The minimum atomic E-state index is -3.10. The number of hydrogen-bond acceptors (Lipinski definition) is 6. The number of sulfone groups is 1. The first-order chi connectivity index (χ1) is 13.1. The van der Waals surface area contributed by atoms with Crippen LogP contribution in [0.4, 0.5) is 0 Å². The zero-order valence-electron chi connectivity index (χ0n) is 16.9. The number of esters is 1. The van der Waals surface area contributed by atoms with E-state index in [1.807, 2.05) is 13.8 Å². The van der Waals surface area contributed by atoms with Crippen LogP contribution in [-0.2, 0) is 19.4 Å². The van der Waals surface area contributed by atoms with Gasteiger partial charge in [0, 0.05) is 12.6 Å². The van der Waals surface area contributed by atoms with E-state index < -0.39 is 21.9 Å². The molecule has 156 valence electrons. The van der Waals surface area contributed by atoms with E-state index in [2.05, 4.69) is 0 Å². The molecule has 0 spiro atoms. The van der Waals surface area contributed by atoms with E-state index in [4.69, 9.17) is 9.47 Å². The minimum absolute atomic E-state index is 0.0366. The number of amides is 1. The van der Waals surface area contributed by atoms with Crippen molar-refractivity contribution < 1.29 is 27.5 Å². The van der Waals surface area contributed by atoms with Crippen molar-refractivity contribution in [1.82, 2.24) is 4.90 Å². The number of benzene rings is 1. The highest BCUT2D eigenvalue weighted by molar-refractivity contribution is 7.91. The summed E-state index contributed by atoms with van der Waals surface area (Å²) in [6.45, 7) is 8.33. The summed E-state index contributed by atoms with van der Waals surface area (Å²) in [6, 6.07) is 6.20. The summed E-state index contributed by atoms with van der Waals surface area (Å²) in [4.78, 5) is 26.5. The summed E-state index contributed by atoms with van der Waals surface area (Å²) in [5.41, 5.74) is 0.322. The lowest BCUT2D eigenvalue weighted by molar-refractivity contribution is -0.141. The van der Waals surface area contributed by atoms with Crippen LogP contribution >= 0.6 is 0 Å². The van der Waals surface area contributed by atoms with Crippen LogP contribution in [0, 0.1) is 5.92 Å². The molecule has 1 heterocycles. The Kier molecular flexibility index (Phi) is 7.46. The molecule has 0 unspecified atom stereocenters. The third kappa shape index (κ3) is 5.95. The lowest BCUT2D eigenvalue weighted by Crippen LogP contribution is -2.46. The molecule has 2 rings (SSSR count). The monoisotopic (exact) mass is 411 g/mol. The number of hydrogen-bond donors (Lipinski definition) is 0. The van der Waals surface area contributed by atoms with Gasteiger partial charge >= 0.3 is 5.97 Å². The Morgan fingerprint density at radius 1 is 1.18 bits per heavy atom. The van der Waals surface area contributed by atoms with Gasteiger partial charge in [0.25, 0.3) is 5.91 Å². The molecule has 2 atom stereocenters.